The third kappa shape index (κ3) is 3.93. The summed E-state index contributed by atoms with van der Waals surface area (Å²) in [6.45, 7) is 8.94. The Morgan fingerprint density at radius 1 is 0.885 bits per heavy atom. The second kappa shape index (κ2) is 7.69. The average molecular weight is 347 g/mol. The zero-order valence-corrected chi connectivity index (χ0v) is 16.0. The van der Waals surface area contributed by atoms with Crippen LogP contribution in [-0.4, -0.2) is 5.91 Å². The normalized spacial score (nSPS) is 11.3. The van der Waals surface area contributed by atoms with Gasteiger partial charge >= 0.3 is 0 Å². The first kappa shape index (κ1) is 18.1. The Bertz CT molecular complexity index is 902. The van der Waals surface area contributed by atoms with Gasteiger partial charge in [-0.25, -0.2) is 0 Å². The van der Waals surface area contributed by atoms with Gasteiger partial charge in [0, 0.05) is 17.1 Å². The topological polar surface area (TPSA) is 33.0 Å². The SMILES string of the molecule is CC(C)c1cccc(C(C)C)c1NC(=O)C[n+]1ccc2ccccc2c1. The van der Waals surface area contributed by atoms with E-state index in [0.717, 1.165) is 11.1 Å². The van der Waals surface area contributed by atoms with Gasteiger partial charge in [-0.1, -0.05) is 64.1 Å². The fraction of sp³-hybridized carbons (Fsp3) is 0.304. The molecule has 1 heterocycles. The Morgan fingerprint density at radius 3 is 2.12 bits per heavy atom. The van der Waals surface area contributed by atoms with Gasteiger partial charge in [0.2, 0.25) is 6.54 Å². The number of anilines is 1. The van der Waals surface area contributed by atoms with Crippen LogP contribution in [0.25, 0.3) is 10.8 Å². The lowest BCUT2D eigenvalue weighted by Crippen LogP contribution is -2.39. The van der Waals surface area contributed by atoms with Crippen LogP contribution >= 0.6 is 0 Å². The molecule has 1 N–H and O–H groups in total. The number of nitrogens with zero attached hydrogens (tertiary/aromatic N) is 1. The van der Waals surface area contributed by atoms with Gasteiger partial charge in [0.25, 0.3) is 5.91 Å². The molecule has 0 spiro atoms. The Hall–Kier alpha value is -2.68. The number of rotatable bonds is 5. The lowest BCUT2D eigenvalue weighted by Gasteiger charge is -2.19. The second-order valence-corrected chi connectivity index (χ2v) is 7.42. The molecule has 3 aromatic rings. The standard InChI is InChI=1S/C23H26N2O/c1-16(2)20-10-7-11-21(17(3)4)23(20)24-22(26)15-25-13-12-18-8-5-6-9-19(18)14-25/h5-14,16-17H,15H2,1-4H3/p+1. The van der Waals surface area contributed by atoms with Gasteiger partial charge in [0.05, 0.1) is 0 Å². The zero-order valence-electron chi connectivity index (χ0n) is 16.0. The molecule has 134 valence electrons. The highest BCUT2D eigenvalue weighted by atomic mass is 16.1. The number of carbonyl (C=O) groups excluding carboxylic acids is 1. The molecule has 2 aromatic carbocycles. The summed E-state index contributed by atoms with van der Waals surface area (Å²) in [7, 11) is 0. The van der Waals surface area contributed by atoms with E-state index in [9.17, 15) is 4.79 Å². The van der Waals surface area contributed by atoms with Crippen LogP contribution in [0.3, 0.4) is 0 Å². The maximum Gasteiger partial charge on any atom is 0.290 e. The predicted octanol–water partition coefficient (Wildman–Crippen LogP) is 5.01. The van der Waals surface area contributed by atoms with E-state index in [1.807, 2.05) is 35.2 Å². The molecule has 0 aliphatic rings. The average Bonchev–Trinajstić information content (AvgIpc) is 2.61. The van der Waals surface area contributed by atoms with Gasteiger partial charge in [-0.3, -0.25) is 4.79 Å². The molecule has 0 aliphatic carbocycles. The summed E-state index contributed by atoms with van der Waals surface area (Å²) in [6.07, 6.45) is 3.98. The first-order valence-electron chi connectivity index (χ1n) is 9.26. The Morgan fingerprint density at radius 2 is 1.50 bits per heavy atom. The highest BCUT2D eigenvalue weighted by Gasteiger charge is 2.18. The summed E-state index contributed by atoms with van der Waals surface area (Å²) < 4.78 is 1.94. The molecule has 0 saturated carbocycles. The molecule has 0 atom stereocenters. The molecular formula is C23H27N2O+. The molecule has 0 saturated heterocycles. The molecule has 26 heavy (non-hydrogen) atoms. The van der Waals surface area contributed by atoms with E-state index in [-0.39, 0.29) is 5.91 Å². The molecule has 0 aliphatic heterocycles. The minimum Gasteiger partial charge on any atom is -0.320 e. The van der Waals surface area contributed by atoms with E-state index in [1.54, 1.807) is 0 Å². The summed E-state index contributed by atoms with van der Waals surface area (Å²) in [5.74, 6) is 0.718. The van der Waals surface area contributed by atoms with Crippen molar-refractivity contribution in [3.63, 3.8) is 0 Å². The van der Waals surface area contributed by atoms with Crippen molar-refractivity contribution >= 4 is 22.4 Å². The van der Waals surface area contributed by atoms with Crippen molar-refractivity contribution in [2.24, 2.45) is 0 Å². The van der Waals surface area contributed by atoms with Crippen molar-refractivity contribution in [1.82, 2.24) is 0 Å². The predicted molar refractivity (Wildman–Crippen MR) is 107 cm³/mol. The largest absolute Gasteiger partial charge is 0.320 e. The number of fused-ring (bicyclic) bond motifs is 1. The highest BCUT2D eigenvalue weighted by Crippen LogP contribution is 2.32. The van der Waals surface area contributed by atoms with Gasteiger partial charge in [-0.05, 0) is 34.4 Å². The molecule has 0 radical (unpaired) electrons. The summed E-state index contributed by atoms with van der Waals surface area (Å²) in [5, 5.41) is 5.49. The number of para-hydroxylation sites is 1. The first-order chi connectivity index (χ1) is 12.5. The summed E-state index contributed by atoms with van der Waals surface area (Å²) in [5.41, 5.74) is 3.35. The van der Waals surface area contributed by atoms with Crippen LogP contribution < -0.4 is 9.88 Å². The van der Waals surface area contributed by atoms with Gasteiger partial charge < -0.3 is 5.32 Å². The third-order valence-corrected chi connectivity index (χ3v) is 4.71. The maximum absolute atomic E-state index is 12.7. The van der Waals surface area contributed by atoms with E-state index in [2.05, 4.69) is 63.3 Å². The minimum atomic E-state index is 0.000260. The Balaban J connectivity index is 1.85. The van der Waals surface area contributed by atoms with Gasteiger partial charge in [0.1, 0.15) is 0 Å². The fourth-order valence-corrected chi connectivity index (χ4v) is 3.32. The number of pyridine rings is 1. The van der Waals surface area contributed by atoms with E-state index >= 15 is 0 Å². The molecule has 0 bridgehead atoms. The van der Waals surface area contributed by atoms with Crippen LogP contribution in [0.1, 0.15) is 50.7 Å². The Labute approximate surface area is 155 Å². The zero-order chi connectivity index (χ0) is 18.7. The van der Waals surface area contributed by atoms with Crippen molar-refractivity contribution in [3.05, 3.63) is 72.1 Å². The molecule has 3 rings (SSSR count). The maximum atomic E-state index is 12.7. The number of hydrogen-bond donors (Lipinski definition) is 1. The molecule has 1 aromatic heterocycles. The first-order valence-corrected chi connectivity index (χ1v) is 9.26. The van der Waals surface area contributed by atoms with Crippen molar-refractivity contribution in [1.29, 1.82) is 0 Å². The Kier molecular flexibility index (Phi) is 5.36. The minimum absolute atomic E-state index is 0.000260. The second-order valence-electron chi connectivity index (χ2n) is 7.42. The lowest BCUT2D eigenvalue weighted by molar-refractivity contribution is -0.682. The molecule has 1 amide bonds. The van der Waals surface area contributed by atoms with Gasteiger partial charge in [-0.2, -0.15) is 4.57 Å². The van der Waals surface area contributed by atoms with E-state index in [4.69, 9.17) is 0 Å². The number of nitrogens with one attached hydrogen (secondary N) is 1. The smallest absolute Gasteiger partial charge is 0.290 e. The van der Waals surface area contributed by atoms with Crippen LogP contribution in [-0.2, 0) is 11.3 Å². The number of hydrogen-bond acceptors (Lipinski definition) is 1. The number of carbonyl (C=O) groups is 1. The van der Waals surface area contributed by atoms with Crippen LogP contribution in [0, 0.1) is 0 Å². The molecular weight excluding hydrogens is 320 g/mol. The van der Waals surface area contributed by atoms with Crippen molar-refractivity contribution < 1.29 is 9.36 Å². The van der Waals surface area contributed by atoms with Crippen LogP contribution in [0.15, 0.2) is 60.9 Å². The van der Waals surface area contributed by atoms with E-state index in [1.165, 1.54) is 16.5 Å². The monoisotopic (exact) mass is 347 g/mol. The molecule has 3 nitrogen and oxygen atoms in total. The van der Waals surface area contributed by atoms with Gasteiger partial charge in [-0.15, -0.1) is 0 Å². The van der Waals surface area contributed by atoms with E-state index < -0.39 is 0 Å². The number of benzene rings is 2. The number of aromatic nitrogens is 1. The summed E-state index contributed by atoms with van der Waals surface area (Å²) in [4.78, 5) is 12.7. The van der Waals surface area contributed by atoms with Crippen molar-refractivity contribution in [2.75, 3.05) is 5.32 Å². The molecule has 0 fully saturated rings. The van der Waals surface area contributed by atoms with Crippen LogP contribution in [0.4, 0.5) is 5.69 Å². The number of amides is 1. The van der Waals surface area contributed by atoms with Crippen molar-refractivity contribution in [2.45, 2.75) is 46.1 Å². The van der Waals surface area contributed by atoms with Crippen LogP contribution in [0.2, 0.25) is 0 Å². The summed E-state index contributed by atoms with van der Waals surface area (Å²) in [6, 6.07) is 16.5. The highest BCUT2D eigenvalue weighted by molar-refractivity contribution is 5.92. The third-order valence-electron chi connectivity index (χ3n) is 4.71. The molecule has 3 heteroatoms. The van der Waals surface area contributed by atoms with E-state index in [0.29, 0.717) is 18.4 Å². The van der Waals surface area contributed by atoms with Gasteiger partial charge in [0.15, 0.2) is 12.4 Å². The fourth-order valence-electron chi connectivity index (χ4n) is 3.32. The lowest BCUT2D eigenvalue weighted by atomic mass is 9.92. The molecule has 0 unspecified atom stereocenters. The van der Waals surface area contributed by atoms with Crippen LogP contribution in [0.5, 0.6) is 0 Å². The summed E-state index contributed by atoms with van der Waals surface area (Å²) >= 11 is 0. The van der Waals surface area contributed by atoms with Crippen molar-refractivity contribution in [3.8, 4) is 0 Å². The quantitative estimate of drug-likeness (QED) is 0.646.